The summed E-state index contributed by atoms with van der Waals surface area (Å²) in [5.41, 5.74) is 2.69. The molecule has 1 rings (SSSR count). The molecule has 0 fully saturated rings. The van der Waals surface area contributed by atoms with Crippen LogP contribution < -0.4 is 0 Å². The molecule has 0 heterocycles. The number of aryl methyl sites for hydroxylation is 1. The second-order valence-corrected chi connectivity index (χ2v) is 9.40. The second kappa shape index (κ2) is 21.4. The Labute approximate surface area is 189 Å². The molecule has 30 heavy (non-hydrogen) atoms. The Morgan fingerprint density at radius 1 is 0.433 bits per heavy atom. The van der Waals surface area contributed by atoms with Crippen LogP contribution in [0.4, 0.5) is 0 Å². The van der Waals surface area contributed by atoms with Gasteiger partial charge in [-0.05, 0) is 30.4 Å². The smallest absolute Gasteiger partial charge is 0.0471 e. The quantitative estimate of drug-likeness (QED) is 0.187. The van der Waals surface area contributed by atoms with Crippen LogP contribution in [-0.2, 0) is 12.8 Å². The van der Waals surface area contributed by atoms with Crippen LogP contribution in [0.1, 0.15) is 140 Å². The SMILES string of the molecule is CCCCCCCCCCCCCCCCCCCCCc1ccc(CCO)cc1. The van der Waals surface area contributed by atoms with Gasteiger partial charge in [0.05, 0.1) is 0 Å². The molecule has 1 heteroatoms. The summed E-state index contributed by atoms with van der Waals surface area (Å²) in [6, 6.07) is 8.81. The van der Waals surface area contributed by atoms with Gasteiger partial charge in [-0.25, -0.2) is 0 Å². The molecule has 0 saturated heterocycles. The van der Waals surface area contributed by atoms with E-state index in [1.807, 2.05) is 0 Å². The number of aliphatic hydroxyl groups excluding tert-OH is 1. The molecule has 0 saturated carbocycles. The van der Waals surface area contributed by atoms with Gasteiger partial charge in [0.15, 0.2) is 0 Å². The molecule has 0 atom stereocenters. The van der Waals surface area contributed by atoms with Gasteiger partial charge in [0.25, 0.3) is 0 Å². The average Bonchev–Trinajstić information content (AvgIpc) is 2.76. The zero-order valence-electron chi connectivity index (χ0n) is 20.3. The molecule has 1 N–H and O–H groups in total. The first kappa shape index (κ1) is 27.2. The zero-order valence-corrected chi connectivity index (χ0v) is 20.3. The van der Waals surface area contributed by atoms with Gasteiger partial charge in [-0.1, -0.05) is 147 Å². The fourth-order valence-electron chi connectivity index (χ4n) is 4.41. The highest BCUT2D eigenvalue weighted by Gasteiger charge is 1.97. The predicted octanol–water partition coefficient (Wildman–Crippen LogP) is 9.20. The van der Waals surface area contributed by atoms with Gasteiger partial charge in [0.2, 0.25) is 0 Å². The van der Waals surface area contributed by atoms with Crippen molar-refractivity contribution in [2.24, 2.45) is 0 Å². The summed E-state index contributed by atoms with van der Waals surface area (Å²) in [6.07, 6.45) is 29.3. The molecule has 0 aliphatic carbocycles. The van der Waals surface area contributed by atoms with Crippen LogP contribution in [0.15, 0.2) is 24.3 Å². The van der Waals surface area contributed by atoms with Crippen LogP contribution in [0.3, 0.4) is 0 Å². The van der Waals surface area contributed by atoms with E-state index in [1.54, 1.807) is 0 Å². The van der Waals surface area contributed by atoms with Gasteiger partial charge >= 0.3 is 0 Å². The van der Waals surface area contributed by atoms with E-state index >= 15 is 0 Å². The van der Waals surface area contributed by atoms with Crippen LogP contribution >= 0.6 is 0 Å². The number of hydrogen-bond donors (Lipinski definition) is 1. The highest BCUT2D eigenvalue weighted by molar-refractivity contribution is 5.22. The predicted molar refractivity (Wildman–Crippen MR) is 134 cm³/mol. The lowest BCUT2D eigenvalue weighted by molar-refractivity contribution is 0.299. The Hall–Kier alpha value is -0.820. The Balaban J connectivity index is 1.74. The molecule has 1 nitrogen and oxygen atoms in total. The molecule has 0 unspecified atom stereocenters. The molecular formula is C29H52O. The topological polar surface area (TPSA) is 20.2 Å². The fraction of sp³-hybridized carbons (Fsp3) is 0.793. The number of benzene rings is 1. The van der Waals surface area contributed by atoms with Crippen LogP contribution in [-0.4, -0.2) is 11.7 Å². The summed E-state index contributed by atoms with van der Waals surface area (Å²) in [5.74, 6) is 0. The largest absolute Gasteiger partial charge is 0.396 e. The lowest BCUT2D eigenvalue weighted by Crippen LogP contribution is -1.92. The monoisotopic (exact) mass is 416 g/mol. The van der Waals surface area contributed by atoms with Gasteiger partial charge in [0, 0.05) is 6.61 Å². The lowest BCUT2D eigenvalue weighted by Gasteiger charge is -2.05. The summed E-state index contributed by atoms with van der Waals surface area (Å²) >= 11 is 0. The zero-order chi connectivity index (χ0) is 21.5. The molecule has 0 radical (unpaired) electrons. The highest BCUT2D eigenvalue weighted by Crippen LogP contribution is 2.15. The summed E-state index contributed by atoms with van der Waals surface area (Å²) in [5, 5.41) is 8.97. The van der Waals surface area contributed by atoms with Crippen LogP contribution in [0.5, 0.6) is 0 Å². The molecule has 0 aliphatic heterocycles. The Kier molecular flexibility index (Phi) is 19.4. The third-order valence-corrected chi connectivity index (χ3v) is 6.49. The molecule has 174 valence electrons. The minimum absolute atomic E-state index is 0.249. The van der Waals surface area contributed by atoms with Gasteiger partial charge in [-0.3, -0.25) is 0 Å². The lowest BCUT2D eigenvalue weighted by atomic mass is 10.0. The van der Waals surface area contributed by atoms with E-state index in [9.17, 15) is 0 Å². The maximum atomic E-state index is 8.97. The normalized spacial score (nSPS) is 11.3. The minimum atomic E-state index is 0.249. The number of aliphatic hydroxyl groups is 1. The summed E-state index contributed by atoms with van der Waals surface area (Å²) in [7, 11) is 0. The third-order valence-electron chi connectivity index (χ3n) is 6.49. The Bertz CT molecular complexity index is 450. The van der Waals surface area contributed by atoms with Crippen LogP contribution in [0.2, 0.25) is 0 Å². The van der Waals surface area contributed by atoms with Gasteiger partial charge in [-0.15, -0.1) is 0 Å². The van der Waals surface area contributed by atoms with E-state index in [4.69, 9.17) is 5.11 Å². The van der Waals surface area contributed by atoms with Crippen molar-refractivity contribution in [1.82, 2.24) is 0 Å². The third kappa shape index (κ3) is 16.9. The van der Waals surface area contributed by atoms with E-state index in [1.165, 1.54) is 140 Å². The highest BCUT2D eigenvalue weighted by atomic mass is 16.2. The summed E-state index contributed by atoms with van der Waals surface area (Å²) in [4.78, 5) is 0. The molecule has 0 spiro atoms. The molecule has 1 aromatic rings. The molecule has 0 aliphatic rings. The van der Waals surface area contributed by atoms with Crippen LogP contribution in [0, 0.1) is 0 Å². The number of hydrogen-bond acceptors (Lipinski definition) is 1. The Morgan fingerprint density at radius 3 is 1.07 bits per heavy atom. The van der Waals surface area contributed by atoms with Crippen molar-refractivity contribution in [3.8, 4) is 0 Å². The summed E-state index contributed by atoms with van der Waals surface area (Å²) in [6.45, 7) is 2.55. The van der Waals surface area contributed by atoms with E-state index in [-0.39, 0.29) is 6.61 Å². The molecular weight excluding hydrogens is 364 g/mol. The average molecular weight is 417 g/mol. The second-order valence-electron chi connectivity index (χ2n) is 9.40. The maximum Gasteiger partial charge on any atom is 0.0471 e. The number of unbranched alkanes of at least 4 members (excludes halogenated alkanes) is 18. The van der Waals surface area contributed by atoms with E-state index < -0.39 is 0 Å². The van der Waals surface area contributed by atoms with Crippen molar-refractivity contribution in [2.75, 3.05) is 6.61 Å². The van der Waals surface area contributed by atoms with Crippen molar-refractivity contribution in [3.05, 3.63) is 35.4 Å². The van der Waals surface area contributed by atoms with Crippen molar-refractivity contribution >= 4 is 0 Å². The van der Waals surface area contributed by atoms with Gasteiger partial charge in [-0.2, -0.15) is 0 Å². The first-order chi connectivity index (χ1) is 14.9. The van der Waals surface area contributed by atoms with Crippen LogP contribution in [0.25, 0.3) is 0 Å². The van der Waals surface area contributed by atoms with Crippen molar-refractivity contribution in [3.63, 3.8) is 0 Å². The maximum absolute atomic E-state index is 8.97. The van der Waals surface area contributed by atoms with Crippen molar-refractivity contribution in [2.45, 2.75) is 142 Å². The standard InChI is InChI=1S/C29H52O/c1-2-3-4-5-6-7-8-9-10-11-12-13-14-15-16-17-18-19-20-21-28-22-24-29(25-23-28)26-27-30/h22-25,30H,2-21,26-27H2,1H3. The molecule has 1 aromatic carbocycles. The van der Waals surface area contributed by atoms with E-state index in [2.05, 4.69) is 31.2 Å². The fourth-order valence-corrected chi connectivity index (χ4v) is 4.41. The van der Waals surface area contributed by atoms with E-state index in [0.717, 1.165) is 6.42 Å². The first-order valence-electron chi connectivity index (χ1n) is 13.6. The van der Waals surface area contributed by atoms with Gasteiger partial charge < -0.3 is 5.11 Å². The van der Waals surface area contributed by atoms with Crippen molar-refractivity contribution in [1.29, 1.82) is 0 Å². The van der Waals surface area contributed by atoms with Crippen molar-refractivity contribution < 1.29 is 5.11 Å². The molecule has 0 amide bonds. The molecule has 0 aromatic heterocycles. The van der Waals surface area contributed by atoms with Gasteiger partial charge in [0.1, 0.15) is 0 Å². The van der Waals surface area contributed by atoms with E-state index in [0.29, 0.717) is 0 Å². The molecule has 0 bridgehead atoms. The first-order valence-corrected chi connectivity index (χ1v) is 13.6. The number of rotatable bonds is 22. The Morgan fingerprint density at radius 2 is 0.733 bits per heavy atom. The summed E-state index contributed by atoms with van der Waals surface area (Å²) < 4.78 is 0. The minimum Gasteiger partial charge on any atom is -0.396 e.